The van der Waals surface area contributed by atoms with Crippen LogP contribution < -0.4 is 0 Å². The first-order valence-corrected chi connectivity index (χ1v) is 4.56. The molecule has 78 valence electrons. The van der Waals surface area contributed by atoms with E-state index in [-0.39, 0.29) is 5.69 Å². The van der Waals surface area contributed by atoms with Gasteiger partial charge in [-0.2, -0.15) is 5.26 Å². The summed E-state index contributed by atoms with van der Waals surface area (Å²) in [6.07, 6.45) is 0. The number of aryl methyl sites for hydroxylation is 1. The highest BCUT2D eigenvalue weighted by atomic mass is 16.6. The van der Waals surface area contributed by atoms with E-state index < -0.39 is 10.3 Å². The topological polar surface area (TPSA) is 66.9 Å². The van der Waals surface area contributed by atoms with Crippen molar-refractivity contribution < 1.29 is 4.92 Å². The summed E-state index contributed by atoms with van der Waals surface area (Å²) in [4.78, 5) is 10.5. The van der Waals surface area contributed by atoms with E-state index in [1.807, 2.05) is 0 Å². The highest BCUT2D eigenvalue weighted by Gasteiger charge is 2.29. The number of nitrogens with zero attached hydrogens (tertiary/aromatic N) is 2. The molecular formula is C11H12N2O2. The maximum Gasteiger partial charge on any atom is 0.277 e. The Morgan fingerprint density at radius 2 is 2.07 bits per heavy atom. The van der Waals surface area contributed by atoms with E-state index in [2.05, 4.69) is 6.07 Å². The second-order valence-corrected chi connectivity index (χ2v) is 3.96. The van der Waals surface area contributed by atoms with Crippen molar-refractivity contribution in [1.82, 2.24) is 0 Å². The van der Waals surface area contributed by atoms with Gasteiger partial charge in [0.05, 0.1) is 16.4 Å². The third-order valence-electron chi connectivity index (χ3n) is 2.37. The third kappa shape index (κ3) is 1.96. The normalized spacial score (nSPS) is 10.8. The van der Waals surface area contributed by atoms with Gasteiger partial charge in [0, 0.05) is 11.1 Å². The Balaban J connectivity index is 3.51. The molecule has 15 heavy (non-hydrogen) atoms. The smallest absolute Gasteiger partial charge is 0.258 e. The number of nitro groups is 1. The van der Waals surface area contributed by atoms with Crippen LogP contribution >= 0.6 is 0 Å². The molecule has 4 heteroatoms. The molecule has 0 spiro atoms. The Kier molecular flexibility index (Phi) is 2.76. The molecule has 0 saturated heterocycles. The lowest BCUT2D eigenvalue weighted by Crippen LogP contribution is -2.16. The summed E-state index contributed by atoms with van der Waals surface area (Å²) in [5.41, 5.74) is 0.258. The van der Waals surface area contributed by atoms with Crippen molar-refractivity contribution in [3.63, 3.8) is 0 Å². The molecule has 0 aliphatic heterocycles. The van der Waals surface area contributed by atoms with Gasteiger partial charge in [0.15, 0.2) is 0 Å². The zero-order valence-electron chi connectivity index (χ0n) is 8.94. The minimum Gasteiger partial charge on any atom is -0.258 e. The molecule has 0 atom stereocenters. The van der Waals surface area contributed by atoms with Crippen LogP contribution in [0.2, 0.25) is 0 Å². The van der Waals surface area contributed by atoms with Crippen LogP contribution in [0.15, 0.2) is 18.2 Å². The molecule has 0 aliphatic carbocycles. The molecule has 0 aliphatic rings. The summed E-state index contributed by atoms with van der Waals surface area (Å²) < 4.78 is 0. The second kappa shape index (κ2) is 3.70. The van der Waals surface area contributed by atoms with Crippen LogP contribution in [-0.4, -0.2) is 4.92 Å². The van der Waals surface area contributed by atoms with Gasteiger partial charge in [-0.3, -0.25) is 10.1 Å². The highest BCUT2D eigenvalue weighted by Crippen LogP contribution is 2.33. The quantitative estimate of drug-likeness (QED) is 0.549. The van der Waals surface area contributed by atoms with E-state index >= 15 is 0 Å². The van der Waals surface area contributed by atoms with Crippen molar-refractivity contribution in [3.8, 4) is 6.07 Å². The zero-order valence-corrected chi connectivity index (χ0v) is 8.94. The lowest BCUT2D eigenvalue weighted by atomic mass is 9.84. The maximum atomic E-state index is 10.9. The lowest BCUT2D eigenvalue weighted by Gasteiger charge is -2.16. The summed E-state index contributed by atoms with van der Waals surface area (Å²) in [7, 11) is 0. The average molecular weight is 204 g/mol. The molecule has 0 radical (unpaired) electrons. The number of nitro benzene ring substituents is 1. The van der Waals surface area contributed by atoms with Crippen LogP contribution in [0.25, 0.3) is 0 Å². The average Bonchev–Trinajstić information content (AvgIpc) is 2.16. The molecule has 0 unspecified atom stereocenters. The molecule has 0 fully saturated rings. The van der Waals surface area contributed by atoms with Gasteiger partial charge in [-0.25, -0.2) is 0 Å². The van der Waals surface area contributed by atoms with E-state index in [1.165, 1.54) is 0 Å². The Hall–Kier alpha value is -1.89. The Morgan fingerprint density at radius 1 is 1.47 bits per heavy atom. The van der Waals surface area contributed by atoms with Crippen LogP contribution in [0, 0.1) is 28.4 Å². The molecule has 0 aromatic heterocycles. The Labute approximate surface area is 88.3 Å². The van der Waals surface area contributed by atoms with E-state index in [9.17, 15) is 10.1 Å². The Morgan fingerprint density at radius 3 is 2.53 bits per heavy atom. The second-order valence-electron chi connectivity index (χ2n) is 3.96. The summed E-state index contributed by atoms with van der Waals surface area (Å²) in [6.45, 7) is 5.03. The zero-order chi connectivity index (χ0) is 11.6. The predicted molar refractivity (Wildman–Crippen MR) is 56.5 cm³/mol. The molecule has 0 saturated carbocycles. The van der Waals surface area contributed by atoms with E-state index in [4.69, 9.17) is 5.26 Å². The van der Waals surface area contributed by atoms with Crippen LogP contribution in [-0.2, 0) is 5.41 Å². The molecule has 1 rings (SSSR count). The maximum absolute atomic E-state index is 10.9. The number of hydrogen-bond donors (Lipinski definition) is 0. The van der Waals surface area contributed by atoms with Crippen molar-refractivity contribution in [2.45, 2.75) is 26.2 Å². The van der Waals surface area contributed by atoms with Crippen LogP contribution in [0.3, 0.4) is 0 Å². The monoisotopic (exact) mass is 204 g/mol. The number of benzene rings is 1. The fourth-order valence-corrected chi connectivity index (χ4v) is 1.47. The van der Waals surface area contributed by atoms with Crippen molar-refractivity contribution in [2.75, 3.05) is 0 Å². The van der Waals surface area contributed by atoms with Gasteiger partial charge < -0.3 is 0 Å². The predicted octanol–water partition coefficient (Wildman–Crippen LogP) is 2.70. The first kappa shape index (κ1) is 11.2. The van der Waals surface area contributed by atoms with Crippen molar-refractivity contribution in [2.24, 2.45) is 0 Å². The molecule has 1 aromatic carbocycles. The van der Waals surface area contributed by atoms with Gasteiger partial charge in [-0.05, 0) is 20.8 Å². The van der Waals surface area contributed by atoms with Gasteiger partial charge in [0.2, 0.25) is 0 Å². The largest absolute Gasteiger partial charge is 0.277 e. The Bertz CT molecular complexity index is 444. The standard InChI is InChI=1S/C11H12N2O2/c1-8-5-4-6-9(10(8)13(14)15)11(2,3)7-12/h4-6H,1-3H3. The van der Waals surface area contributed by atoms with Crippen molar-refractivity contribution >= 4 is 5.69 Å². The van der Waals surface area contributed by atoms with E-state index in [1.54, 1.807) is 39.0 Å². The fraction of sp³-hybridized carbons (Fsp3) is 0.364. The number of hydrogen-bond acceptors (Lipinski definition) is 3. The SMILES string of the molecule is Cc1cccc(C(C)(C)C#N)c1[N+](=O)[O-]. The minimum atomic E-state index is -0.839. The first-order valence-electron chi connectivity index (χ1n) is 4.56. The van der Waals surface area contributed by atoms with Crippen molar-refractivity contribution in [3.05, 3.63) is 39.4 Å². The number of para-hydroxylation sites is 1. The minimum absolute atomic E-state index is 0.0454. The fourth-order valence-electron chi connectivity index (χ4n) is 1.47. The van der Waals surface area contributed by atoms with E-state index in [0.29, 0.717) is 11.1 Å². The lowest BCUT2D eigenvalue weighted by molar-refractivity contribution is -0.386. The van der Waals surface area contributed by atoms with Gasteiger partial charge in [0.1, 0.15) is 0 Å². The van der Waals surface area contributed by atoms with Gasteiger partial charge >= 0.3 is 0 Å². The molecule has 0 bridgehead atoms. The molecule has 0 amide bonds. The molecule has 1 aromatic rings. The summed E-state index contributed by atoms with van der Waals surface area (Å²) >= 11 is 0. The van der Waals surface area contributed by atoms with Crippen LogP contribution in [0.1, 0.15) is 25.0 Å². The first-order chi connectivity index (χ1) is 6.90. The molecule has 4 nitrogen and oxygen atoms in total. The molecule has 0 heterocycles. The number of rotatable bonds is 2. The van der Waals surface area contributed by atoms with Crippen LogP contribution in [0.5, 0.6) is 0 Å². The third-order valence-corrected chi connectivity index (χ3v) is 2.37. The summed E-state index contributed by atoms with van der Waals surface area (Å²) in [6, 6.07) is 7.12. The summed E-state index contributed by atoms with van der Waals surface area (Å²) in [5.74, 6) is 0. The number of nitriles is 1. The van der Waals surface area contributed by atoms with Gasteiger partial charge in [0.25, 0.3) is 5.69 Å². The van der Waals surface area contributed by atoms with E-state index in [0.717, 1.165) is 0 Å². The molecular weight excluding hydrogens is 192 g/mol. The highest BCUT2D eigenvalue weighted by molar-refractivity contribution is 5.52. The molecule has 0 N–H and O–H groups in total. The van der Waals surface area contributed by atoms with Gasteiger partial charge in [-0.1, -0.05) is 18.2 Å². The summed E-state index contributed by atoms with van der Waals surface area (Å²) in [5, 5.41) is 19.9. The van der Waals surface area contributed by atoms with Gasteiger partial charge in [-0.15, -0.1) is 0 Å². The van der Waals surface area contributed by atoms with Crippen LogP contribution in [0.4, 0.5) is 5.69 Å². The van der Waals surface area contributed by atoms with Crippen molar-refractivity contribution in [1.29, 1.82) is 5.26 Å².